The average Bonchev–Trinajstić information content (AvgIpc) is 2.62. The molecule has 0 aliphatic rings. The van der Waals surface area contributed by atoms with Crippen LogP contribution in [0.1, 0.15) is 5.56 Å². The van der Waals surface area contributed by atoms with Crippen LogP contribution in [-0.4, -0.2) is 52.3 Å². The number of hydrogen-bond donors (Lipinski definition) is 3. The van der Waals surface area contributed by atoms with Crippen molar-refractivity contribution in [2.45, 2.75) is 11.8 Å². The average molecular weight is 422 g/mol. The highest BCUT2D eigenvalue weighted by atomic mass is 32.2. The molecule has 2 amide bonds. The smallest absolute Gasteiger partial charge is 0.240 e. The van der Waals surface area contributed by atoms with E-state index in [1.807, 2.05) is 0 Å². The summed E-state index contributed by atoms with van der Waals surface area (Å²) in [5, 5.41) is 5.16. The van der Waals surface area contributed by atoms with Crippen LogP contribution >= 0.6 is 0 Å². The molecule has 0 saturated heterocycles. The number of aryl methyl sites for hydroxylation is 1. The highest BCUT2D eigenvalue weighted by molar-refractivity contribution is 7.89. The van der Waals surface area contributed by atoms with Gasteiger partial charge in [-0.05, 0) is 56.9 Å². The Morgan fingerprint density at radius 2 is 1.59 bits per heavy atom. The zero-order valence-electron chi connectivity index (χ0n) is 16.3. The number of benzene rings is 2. The third kappa shape index (κ3) is 6.63. The van der Waals surface area contributed by atoms with Gasteiger partial charge in [0.1, 0.15) is 5.82 Å². The minimum atomic E-state index is -3.65. The van der Waals surface area contributed by atoms with E-state index in [1.165, 1.54) is 36.2 Å². The Hall–Kier alpha value is -2.82. The maximum Gasteiger partial charge on any atom is 0.240 e. The molecule has 0 aromatic heterocycles. The maximum atomic E-state index is 13.2. The van der Waals surface area contributed by atoms with Crippen LogP contribution in [0.5, 0.6) is 0 Å². The summed E-state index contributed by atoms with van der Waals surface area (Å²) in [4.78, 5) is 25.8. The van der Waals surface area contributed by atoms with Gasteiger partial charge in [0.25, 0.3) is 0 Å². The van der Waals surface area contributed by atoms with Gasteiger partial charge in [-0.1, -0.05) is 12.1 Å². The fraction of sp³-hybridized carbons (Fsp3) is 0.263. The van der Waals surface area contributed by atoms with Crippen molar-refractivity contribution >= 4 is 33.2 Å². The Morgan fingerprint density at radius 1 is 1.00 bits per heavy atom. The number of nitrogens with one attached hydrogen (secondary N) is 3. The van der Waals surface area contributed by atoms with Gasteiger partial charge in [-0.15, -0.1) is 0 Å². The molecule has 8 nitrogen and oxygen atoms in total. The molecule has 10 heteroatoms. The second kappa shape index (κ2) is 9.59. The van der Waals surface area contributed by atoms with Crippen LogP contribution in [0.3, 0.4) is 0 Å². The van der Waals surface area contributed by atoms with Crippen LogP contribution in [0.2, 0.25) is 0 Å². The number of anilines is 2. The number of rotatable bonds is 8. The van der Waals surface area contributed by atoms with Crippen LogP contribution in [-0.2, 0) is 19.6 Å². The zero-order chi connectivity index (χ0) is 21.6. The first-order valence-electron chi connectivity index (χ1n) is 8.68. The summed E-state index contributed by atoms with van der Waals surface area (Å²) < 4.78 is 39.5. The lowest BCUT2D eigenvalue weighted by Crippen LogP contribution is -2.36. The summed E-state index contributed by atoms with van der Waals surface area (Å²) in [5.41, 5.74) is 1.20. The van der Waals surface area contributed by atoms with Crippen molar-refractivity contribution in [2.24, 2.45) is 0 Å². The maximum absolute atomic E-state index is 13.2. The largest absolute Gasteiger partial charge is 0.325 e. The van der Waals surface area contributed by atoms with E-state index >= 15 is 0 Å². The molecule has 0 unspecified atom stereocenters. The second-order valence-electron chi connectivity index (χ2n) is 6.47. The number of carbonyl (C=O) groups excluding carboxylic acids is 2. The van der Waals surface area contributed by atoms with Crippen molar-refractivity contribution in [1.82, 2.24) is 9.62 Å². The van der Waals surface area contributed by atoms with Gasteiger partial charge >= 0.3 is 0 Å². The summed E-state index contributed by atoms with van der Waals surface area (Å²) in [6, 6.07) is 10.1. The molecular formula is C19H23FN4O4S. The molecule has 156 valence electrons. The summed E-state index contributed by atoms with van der Waals surface area (Å²) >= 11 is 0. The summed E-state index contributed by atoms with van der Waals surface area (Å²) in [5.74, 6) is -1.28. The monoisotopic (exact) mass is 422 g/mol. The van der Waals surface area contributed by atoms with Crippen LogP contribution in [0.25, 0.3) is 0 Å². The summed E-state index contributed by atoms with van der Waals surface area (Å²) in [6.07, 6.45) is 0. The van der Waals surface area contributed by atoms with E-state index in [9.17, 15) is 22.4 Å². The standard InChI is InChI=1S/C19H23FN4O4S/c1-13-7-8-16(10-17(13)29(27,28)21-2)23-19(26)12-24(3)11-18(25)22-15-6-4-5-14(20)9-15/h4-10,21H,11-12H2,1-3H3,(H,22,25)(H,23,26). The normalized spacial score (nSPS) is 11.3. The van der Waals surface area contributed by atoms with E-state index in [1.54, 1.807) is 32.2 Å². The van der Waals surface area contributed by atoms with E-state index in [2.05, 4.69) is 15.4 Å². The van der Waals surface area contributed by atoms with Crippen LogP contribution in [0, 0.1) is 12.7 Å². The minimum Gasteiger partial charge on any atom is -0.325 e. The first kappa shape index (κ1) is 22.5. The minimum absolute atomic E-state index is 0.0700. The molecule has 2 aromatic carbocycles. The van der Waals surface area contributed by atoms with Crippen molar-refractivity contribution in [3.05, 3.63) is 53.8 Å². The highest BCUT2D eigenvalue weighted by Crippen LogP contribution is 2.20. The third-order valence-electron chi connectivity index (χ3n) is 3.97. The third-order valence-corrected chi connectivity index (χ3v) is 5.52. The molecule has 3 N–H and O–H groups in total. The number of likely N-dealkylation sites (N-methyl/N-ethyl adjacent to an activating group) is 1. The van der Waals surface area contributed by atoms with Crippen molar-refractivity contribution in [2.75, 3.05) is 37.8 Å². The quantitative estimate of drug-likeness (QED) is 0.598. The van der Waals surface area contributed by atoms with Gasteiger partial charge in [-0.2, -0.15) is 0 Å². The Morgan fingerprint density at radius 3 is 2.14 bits per heavy atom. The number of amides is 2. The number of carbonyl (C=O) groups is 2. The Kier molecular flexibility index (Phi) is 7.43. The topological polar surface area (TPSA) is 108 Å². The van der Waals surface area contributed by atoms with E-state index < -0.39 is 27.7 Å². The van der Waals surface area contributed by atoms with Crippen molar-refractivity contribution < 1.29 is 22.4 Å². The molecule has 0 aliphatic heterocycles. The fourth-order valence-electron chi connectivity index (χ4n) is 2.59. The predicted molar refractivity (Wildman–Crippen MR) is 109 cm³/mol. The molecule has 0 radical (unpaired) electrons. The predicted octanol–water partition coefficient (Wildman–Crippen LogP) is 1.55. The second-order valence-corrected chi connectivity index (χ2v) is 8.32. The molecule has 0 aliphatic carbocycles. The number of sulfonamides is 1. The van der Waals surface area contributed by atoms with Gasteiger partial charge in [0.2, 0.25) is 21.8 Å². The van der Waals surface area contributed by atoms with E-state index in [0.717, 1.165) is 0 Å². The molecule has 2 rings (SSSR count). The van der Waals surface area contributed by atoms with Crippen LogP contribution < -0.4 is 15.4 Å². The lowest BCUT2D eigenvalue weighted by molar-refractivity contribution is -0.119. The molecule has 0 atom stereocenters. The number of hydrogen-bond acceptors (Lipinski definition) is 5. The van der Waals surface area contributed by atoms with Gasteiger partial charge in [0.15, 0.2) is 0 Å². The first-order chi connectivity index (χ1) is 13.6. The molecule has 0 fully saturated rings. The molecule has 0 bridgehead atoms. The molecule has 0 heterocycles. The fourth-order valence-corrected chi connectivity index (χ4v) is 3.58. The van der Waals surface area contributed by atoms with E-state index in [-0.39, 0.29) is 18.0 Å². The molecular weight excluding hydrogens is 399 g/mol. The van der Waals surface area contributed by atoms with Crippen molar-refractivity contribution in [1.29, 1.82) is 0 Å². The molecule has 29 heavy (non-hydrogen) atoms. The van der Waals surface area contributed by atoms with Crippen molar-refractivity contribution in [3.8, 4) is 0 Å². The Bertz CT molecular complexity index is 1010. The van der Waals surface area contributed by atoms with E-state index in [0.29, 0.717) is 16.9 Å². The zero-order valence-corrected chi connectivity index (χ0v) is 17.1. The molecule has 0 saturated carbocycles. The lowest BCUT2D eigenvalue weighted by atomic mass is 10.2. The number of halogens is 1. The molecule has 0 spiro atoms. The number of nitrogens with zero attached hydrogens (tertiary/aromatic N) is 1. The van der Waals surface area contributed by atoms with Crippen LogP contribution in [0.4, 0.5) is 15.8 Å². The van der Waals surface area contributed by atoms with Gasteiger partial charge < -0.3 is 10.6 Å². The highest BCUT2D eigenvalue weighted by Gasteiger charge is 2.16. The van der Waals surface area contributed by atoms with E-state index in [4.69, 9.17) is 0 Å². The molecule has 2 aromatic rings. The first-order valence-corrected chi connectivity index (χ1v) is 10.2. The van der Waals surface area contributed by atoms with Gasteiger partial charge in [0, 0.05) is 11.4 Å². The van der Waals surface area contributed by atoms with Gasteiger partial charge in [0.05, 0.1) is 18.0 Å². The van der Waals surface area contributed by atoms with Gasteiger partial charge in [-0.25, -0.2) is 17.5 Å². The summed E-state index contributed by atoms with van der Waals surface area (Å²) in [6.45, 7) is 1.47. The lowest BCUT2D eigenvalue weighted by Gasteiger charge is -2.16. The van der Waals surface area contributed by atoms with Gasteiger partial charge in [-0.3, -0.25) is 14.5 Å². The SMILES string of the molecule is CNS(=O)(=O)c1cc(NC(=O)CN(C)CC(=O)Nc2cccc(F)c2)ccc1C. The van der Waals surface area contributed by atoms with Crippen molar-refractivity contribution in [3.63, 3.8) is 0 Å². The Balaban J connectivity index is 1.93. The van der Waals surface area contributed by atoms with Crippen LogP contribution in [0.15, 0.2) is 47.4 Å². The Labute approximate surface area is 169 Å². The summed E-state index contributed by atoms with van der Waals surface area (Å²) in [7, 11) is -0.761.